The van der Waals surface area contributed by atoms with E-state index in [4.69, 9.17) is 10.5 Å². The third-order valence-corrected chi connectivity index (χ3v) is 2.57. The van der Waals surface area contributed by atoms with Crippen LogP contribution in [0, 0.1) is 0 Å². The van der Waals surface area contributed by atoms with E-state index in [-0.39, 0.29) is 5.91 Å². The van der Waals surface area contributed by atoms with Crippen molar-refractivity contribution >= 4 is 11.6 Å². The number of aromatic amines is 1. The van der Waals surface area contributed by atoms with Crippen LogP contribution >= 0.6 is 0 Å². The topological polar surface area (TPSA) is 93.0 Å². The van der Waals surface area contributed by atoms with Gasteiger partial charge in [-0.2, -0.15) is 5.10 Å². The summed E-state index contributed by atoms with van der Waals surface area (Å²) < 4.78 is 5.32. The van der Waals surface area contributed by atoms with Crippen molar-refractivity contribution < 1.29 is 9.53 Å². The number of H-pyrrole nitrogens is 1. The molecule has 6 heteroatoms. The van der Waals surface area contributed by atoms with Crippen molar-refractivity contribution in [2.24, 2.45) is 0 Å². The van der Waals surface area contributed by atoms with Gasteiger partial charge in [-0.15, -0.1) is 0 Å². The van der Waals surface area contributed by atoms with Crippen molar-refractivity contribution in [3.8, 4) is 5.75 Å². The van der Waals surface area contributed by atoms with Crippen molar-refractivity contribution in [3.63, 3.8) is 0 Å². The summed E-state index contributed by atoms with van der Waals surface area (Å²) in [6.45, 7) is 2.81. The SMILES string of the molecule is CCOc1ccc(C(=O)NCc2ccn[nH]2)cc1N. The van der Waals surface area contributed by atoms with Gasteiger partial charge in [-0.05, 0) is 31.2 Å². The van der Waals surface area contributed by atoms with Crippen LogP contribution in [0.15, 0.2) is 30.5 Å². The zero-order valence-electron chi connectivity index (χ0n) is 10.6. The fourth-order valence-corrected chi connectivity index (χ4v) is 1.64. The summed E-state index contributed by atoms with van der Waals surface area (Å²) in [5, 5.41) is 9.35. The number of nitrogens with zero attached hydrogens (tertiary/aromatic N) is 1. The van der Waals surface area contributed by atoms with Crippen LogP contribution in [0.4, 0.5) is 5.69 Å². The number of ether oxygens (including phenoxy) is 1. The molecule has 0 saturated heterocycles. The van der Waals surface area contributed by atoms with E-state index in [2.05, 4.69) is 15.5 Å². The van der Waals surface area contributed by atoms with Crippen LogP contribution in [0.1, 0.15) is 23.0 Å². The molecule has 0 fully saturated rings. The van der Waals surface area contributed by atoms with Crippen LogP contribution in [0.3, 0.4) is 0 Å². The maximum absolute atomic E-state index is 11.9. The Morgan fingerprint density at radius 2 is 2.32 bits per heavy atom. The fraction of sp³-hybridized carbons (Fsp3) is 0.231. The van der Waals surface area contributed by atoms with Crippen LogP contribution in [0.25, 0.3) is 0 Å². The lowest BCUT2D eigenvalue weighted by molar-refractivity contribution is 0.0950. The zero-order valence-corrected chi connectivity index (χ0v) is 10.6. The number of aromatic nitrogens is 2. The summed E-state index contributed by atoms with van der Waals surface area (Å²) in [5.74, 6) is 0.400. The second-order valence-corrected chi connectivity index (χ2v) is 3.95. The van der Waals surface area contributed by atoms with Crippen LogP contribution < -0.4 is 15.8 Å². The van der Waals surface area contributed by atoms with Gasteiger partial charge in [-0.1, -0.05) is 0 Å². The Hall–Kier alpha value is -2.50. The van der Waals surface area contributed by atoms with E-state index in [0.29, 0.717) is 30.2 Å². The van der Waals surface area contributed by atoms with Gasteiger partial charge in [-0.3, -0.25) is 9.89 Å². The van der Waals surface area contributed by atoms with Crippen LogP contribution in [-0.2, 0) is 6.54 Å². The minimum Gasteiger partial charge on any atom is -0.492 e. The molecule has 19 heavy (non-hydrogen) atoms. The predicted octanol–water partition coefficient (Wildman–Crippen LogP) is 1.32. The van der Waals surface area contributed by atoms with Crippen molar-refractivity contribution in [1.29, 1.82) is 0 Å². The largest absolute Gasteiger partial charge is 0.492 e. The van der Waals surface area contributed by atoms with Gasteiger partial charge in [-0.25, -0.2) is 0 Å². The van der Waals surface area contributed by atoms with Gasteiger partial charge in [0.05, 0.1) is 24.5 Å². The van der Waals surface area contributed by atoms with Crippen LogP contribution in [0.5, 0.6) is 5.75 Å². The Labute approximate surface area is 111 Å². The molecule has 1 heterocycles. The highest BCUT2D eigenvalue weighted by atomic mass is 16.5. The molecule has 1 amide bonds. The minimum absolute atomic E-state index is 0.190. The van der Waals surface area contributed by atoms with E-state index in [0.717, 1.165) is 5.69 Å². The van der Waals surface area contributed by atoms with Crippen molar-refractivity contribution in [1.82, 2.24) is 15.5 Å². The van der Waals surface area contributed by atoms with Gasteiger partial charge in [0.1, 0.15) is 5.75 Å². The lowest BCUT2D eigenvalue weighted by Gasteiger charge is -2.09. The standard InChI is InChI=1S/C13H16N4O2/c1-2-19-12-4-3-9(7-11(12)14)13(18)15-8-10-5-6-16-17-10/h3-7H,2,8,14H2,1H3,(H,15,18)(H,16,17). The maximum Gasteiger partial charge on any atom is 0.251 e. The number of carbonyl (C=O) groups excluding carboxylic acids is 1. The molecule has 1 aromatic carbocycles. The molecular formula is C13H16N4O2. The Kier molecular flexibility index (Phi) is 4.02. The van der Waals surface area contributed by atoms with E-state index in [1.165, 1.54) is 0 Å². The number of hydrogen-bond acceptors (Lipinski definition) is 4. The minimum atomic E-state index is -0.190. The number of anilines is 1. The quantitative estimate of drug-likeness (QED) is 0.707. The number of carbonyl (C=O) groups is 1. The second kappa shape index (κ2) is 5.90. The molecular weight excluding hydrogens is 244 g/mol. The molecule has 0 bridgehead atoms. The highest BCUT2D eigenvalue weighted by molar-refractivity contribution is 5.95. The number of benzene rings is 1. The number of hydrogen-bond donors (Lipinski definition) is 3. The summed E-state index contributed by atoms with van der Waals surface area (Å²) in [4.78, 5) is 11.9. The van der Waals surface area contributed by atoms with E-state index in [1.807, 2.05) is 6.92 Å². The molecule has 2 rings (SSSR count). The summed E-state index contributed by atoms with van der Waals surface area (Å²) in [6, 6.07) is 6.79. The smallest absolute Gasteiger partial charge is 0.251 e. The number of amides is 1. The van der Waals surface area contributed by atoms with E-state index >= 15 is 0 Å². The van der Waals surface area contributed by atoms with Gasteiger partial charge in [0, 0.05) is 11.8 Å². The van der Waals surface area contributed by atoms with Gasteiger partial charge in [0.25, 0.3) is 5.91 Å². The van der Waals surface area contributed by atoms with Crippen LogP contribution in [0.2, 0.25) is 0 Å². The summed E-state index contributed by atoms with van der Waals surface area (Å²) >= 11 is 0. The monoisotopic (exact) mass is 260 g/mol. The van der Waals surface area contributed by atoms with E-state index in [1.54, 1.807) is 30.5 Å². The molecule has 2 aromatic rings. The van der Waals surface area contributed by atoms with Crippen molar-refractivity contribution in [2.75, 3.05) is 12.3 Å². The fourth-order valence-electron chi connectivity index (χ4n) is 1.64. The van der Waals surface area contributed by atoms with E-state index < -0.39 is 0 Å². The van der Waals surface area contributed by atoms with E-state index in [9.17, 15) is 4.79 Å². The van der Waals surface area contributed by atoms with Crippen molar-refractivity contribution in [3.05, 3.63) is 41.7 Å². The van der Waals surface area contributed by atoms with Crippen molar-refractivity contribution in [2.45, 2.75) is 13.5 Å². The molecule has 6 nitrogen and oxygen atoms in total. The molecule has 0 radical (unpaired) electrons. The molecule has 0 aliphatic heterocycles. The van der Waals surface area contributed by atoms with Gasteiger partial charge < -0.3 is 15.8 Å². The Balaban J connectivity index is 2.01. The summed E-state index contributed by atoms with van der Waals surface area (Å²) in [6.07, 6.45) is 1.64. The van der Waals surface area contributed by atoms with Crippen LogP contribution in [-0.4, -0.2) is 22.7 Å². The highest BCUT2D eigenvalue weighted by Crippen LogP contribution is 2.22. The number of nitrogens with two attached hydrogens (primary N) is 1. The molecule has 0 atom stereocenters. The molecule has 0 aliphatic carbocycles. The molecule has 100 valence electrons. The number of nitrogens with one attached hydrogen (secondary N) is 2. The third-order valence-electron chi connectivity index (χ3n) is 2.57. The summed E-state index contributed by atoms with van der Waals surface area (Å²) in [5.41, 5.74) is 7.61. The number of rotatable bonds is 5. The predicted molar refractivity (Wildman–Crippen MR) is 71.8 cm³/mol. The number of nitrogen functional groups attached to an aromatic ring is 1. The highest BCUT2D eigenvalue weighted by Gasteiger charge is 2.08. The Morgan fingerprint density at radius 3 is 2.95 bits per heavy atom. The lowest BCUT2D eigenvalue weighted by atomic mass is 10.1. The molecule has 1 aromatic heterocycles. The average Bonchev–Trinajstić information content (AvgIpc) is 2.91. The van der Waals surface area contributed by atoms with Gasteiger partial charge in [0.2, 0.25) is 0 Å². The zero-order chi connectivity index (χ0) is 13.7. The second-order valence-electron chi connectivity index (χ2n) is 3.95. The molecule has 0 spiro atoms. The first-order chi connectivity index (χ1) is 9.20. The Morgan fingerprint density at radius 1 is 1.47 bits per heavy atom. The maximum atomic E-state index is 11.9. The first-order valence-corrected chi connectivity index (χ1v) is 5.99. The molecule has 4 N–H and O–H groups in total. The average molecular weight is 260 g/mol. The first kappa shape index (κ1) is 12.9. The molecule has 0 unspecified atom stereocenters. The normalized spacial score (nSPS) is 10.2. The summed E-state index contributed by atoms with van der Waals surface area (Å²) in [7, 11) is 0. The lowest BCUT2D eigenvalue weighted by Crippen LogP contribution is -2.23. The third kappa shape index (κ3) is 3.25. The Bertz CT molecular complexity index is 552. The van der Waals surface area contributed by atoms with Gasteiger partial charge >= 0.3 is 0 Å². The molecule has 0 aliphatic rings. The first-order valence-electron chi connectivity index (χ1n) is 5.99. The van der Waals surface area contributed by atoms with Gasteiger partial charge in [0.15, 0.2) is 0 Å². The molecule has 0 saturated carbocycles.